The Morgan fingerprint density at radius 2 is 1.92 bits per heavy atom. The van der Waals surface area contributed by atoms with Crippen LogP contribution in [0.15, 0.2) is 47.6 Å². The number of sulfonamides is 1. The van der Waals surface area contributed by atoms with E-state index in [9.17, 15) is 13.2 Å². The Bertz CT molecular complexity index is 807. The van der Waals surface area contributed by atoms with E-state index in [1.807, 2.05) is 19.1 Å². The van der Waals surface area contributed by atoms with Gasteiger partial charge in [0.25, 0.3) is 0 Å². The van der Waals surface area contributed by atoms with Gasteiger partial charge >= 0.3 is 0 Å². The van der Waals surface area contributed by atoms with Gasteiger partial charge in [-0.2, -0.15) is 4.31 Å². The number of aromatic amines is 1. The van der Waals surface area contributed by atoms with Gasteiger partial charge in [-0.3, -0.25) is 4.79 Å². The number of hydrogen-bond acceptors (Lipinski definition) is 3. The van der Waals surface area contributed by atoms with Gasteiger partial charge < -0.3 is 9.88 Å². The van der Waals surface area contributed by atoms with E-state index in [2.05, 4.69) is 4.98 Å². The van der Waals surface area contributed by atoms with E-state index < -0.39 is 10.0 Å². The normalized spacial score (nSPS) is 16.3. The van der Waals surface area contributed by atoms with Crippen molar-refractivity contribution in [1.29, 1.82) is 0 Å². The van der Waals surface area contributed by atoms with Gasteiger partial charge in [0.1, 0.15) is 0 Å². The third-order valence-electron chi connectivity index (χ3n) is 4.24. The summed E-state index contributed by atoms with van der Waals surface area (Å²) in [6, 6.07) is 8.79. The van der Waals surface area contributed by atoms with Crippen LogP contribution in [-0.4, -0.2) is 54.7 Å². The van der Waals surface area contributed by atoms with Gasteiger partial charge in [-0.25, -0.2) is 8.42 Å². The maximum Gasteiger partial charge on any atom is 0.243 e. The van der Waals surface area contributed by atoms with Crippen molar-refractivity contribution in [3.05, 3.63) is 53.9 Å². The zero-order valence-corrected chi connectivity index (χ0v) is 14.4. The van der Waals surface area contributed by atoms with E-state index >= 15 is 0 Å². The number of carbonyl (C=O) groups is 1. The van der Waals surface area contributed by atoms with Gasteiger partial charge in [-0.1, -0.05) is 12.1 Å². The molecule has 1 aliphatic rings. The number of hydrogen-bond donors (Lipinski definition) is 1. The van der Waals surface area contributed by atoms with Crippen LogP contribution < -0.4 is 0 Å². The van der Waals surface area contributed by atoms with Crippen molar-refractivity contribution in [2.45, 2.75) is 18.2 Å². The molecular formula is C17H21N3O3S. The molecule has 1 aromatic carbocycles. The molecule has 1 amide bonds. The number of carbonyl (C=O) groups excluding carboxylic acids is 1. The summed E-state index contributed by atoms with van der Waals surface area (Å²) < 4.78 is 26.8. The summed E-state index contributed by atoms with van der Waals surface area (Å²) in [7, 11) is -3.49. The van der Waals surface area contributed by atoms with Crippen LogP contribution in [0.5, 0.6) is 0 Å². The minimum Gasteiger partial charge on any atom is -0.367 e. The third kappa shape index (κ3) is 3.52. The first kappa shape index (κ1) is 16.7. The molecule has 2 heterocycles. The summed E-state index contributed by atoms with van der Waals surface area (Å²) in [6.45, 7) is 3.38. The van der Waals surface area contributed by atoms with Crippen molar-refractivity contribution >= 4 is 15.9 Å². The quantitative estimate of drug-likeness (QED) is 0.908. The topological polar surface area (TPSA) is 73.5 Å². The van der Waals surface area contributed by atoms with Crippen LogP contribution in [0.2, 0.25) is 0 Å². The Hall–Kier alpha value is -2.12. The lowest BCUT2D eigenvalue weighted by molar-refractivity contribution is -0.131. The van der Waals surface area contributed by atoms with Crippen molar-refractivity contribution in [3.8, 4) is 0 Å². The fraction of sp³-hybridized carbons (Fsp3) is 0.353. The van der Waals surface area contributed by atoms with Gasteiger partial charge in [0, 0.05) is 38.6 Å². The maximum atomic E-state index is 12.7. The van der Waals surface area contributed by atoms with Crippen LogP contribution in [0.3, 0.4) is 0 Å². The minimum absolute atomic E-state index is 0.0298. The molecule has 1 aromatic heterocycles. The molecule has 0 bridgehead atoms. The number of piperazine rings is 1. The summed E-state index contributed by atoms with van der Waals surface area (Å²) in [6.07, 6.45) is 3.93. The van der Waals surface area contributed by atoms with Crippen LogP contribution in [-0.2, 0) is 21.2 Å². The molecule has 2 aromatic rings. The average molecular weight is 347 g/mol. The van der Waals surface area contributed by atoms with Gasteiger partial charge in [-0.15, -0.1) is 0 Å². The minimum atomic E-state index is -3.49. The van der Waals surface area contributed by atoms with Crippen LogP contribution in [0.25, 0.3) is 0 Å². The first-order chi connectivity index (χ1) is 11.5. The molecule has 128 valence electrons. The number of amides is 1. The zero-order valence-electron chi connectivity index (χ0n) is 13.6. The van der Waals surface area contributed by atoms with Gasteiger partial charge in [-0.05, 0) is 36.2 Å². The van der Waals surface area contributed by atoms with Gasteiger partial charge in [0.2, 0.25) is 15.9 Å². The molecule has 0 spiro atoms. The highest BCUT2D eigenvalue weighted by molar-refractivity contribution is 7.89. The Morgan fingerprint density at radius 3 is 2.54 bits per heavy atom. The van der Waals surface area contributed by atoms with Crippen LogP contribution in [0.1, 0.15) is 11.1 Å². The largest absolute Gasteiger partial charge is 0.367 e. The molecule has 1 N–H and O–H groups in total. The summed E-state index contributed by atoms with van der Waals surface area (Å²) in [5, 5.41) is 0. The molecule has 0 unspecified atom stereocenters. The Balaban J connectivity index is 1.63. The van der Waals surface area contributed by atoms with Crippen molar-refractivity contribution < 1.29 is 13.2 Å². The van der Waals surface area contributed by atoms with E-state index in [1.165, 1.54) is 4.31 Å². The highest BCUT2D eigenvalue weighted by atomic mass is 32.2. The number of nitrogens with zero attached hydrogens (tertiary/aromatic N) is 2. The van der Waals surface area contributed by atoms with E-state index in [1.54, 1.807) is 35.5 Å². The smallest absolute Gasteiger partial charge is 0.243 e. The third-order valence-corrected chi connectivity index (χ3v) is 6.13. The van der Waals surface area contributed by atoms with Gasteiger partial charge in [0.15, 0.2) is 0 Å². The monoisotopic (exact) mass is 347 g/mol. The second-order valence-corrected chi connectivity index (χ2v) is 7.94. The van der Waals surface area contributed by atoms with Crippen molar-refractivity contribution in [2.24, 2.45) is 0 Å². The Kier molecular flexibility index (Phi) is 4.73. The molecular weight excluding hydrogens is 326 g/mol. The van der Waals surface area contributed by atoms with E-state index in [4.69, 9.17) is 0 Å². The molecule has 6 nitrogen and oxygen atoms in total. The molecule has 0 saturated carbocycles. The Morgan fingerprint density at radius 1 is 1.17 bits per heavy atom. The number of rotatable bonds is 4. The maximum absolute atomic E-state index is 12.7. The molecule has 0 aliphatic carbocycles. The summed E-state index contributed by atoms with van der Waals surface area (Å²) in [4.78, 5) is 17.3. The zero-order chi connectivity index (χ0) is 17.2. The van der Waals surface area contributed by atoms with E-state index in [0.29, 0.717) is 37.5 Å². The number of aromatic nitrogens is 1. The SMILES string of the molecule is Cc1cccc(S(=O)(=O)N2CCN(C(=O)Cc3cc[nH]c3)CC2)c1. The molecule has 0 atom stereocenters. The lowest BCUT2D eigenvalue weighted by Gasteiger charge is -2.34. The molecule has 3 rings (SSSR count). The molecule has 1 saturated heterocycles. The van der Waals surface area contributed by atoms with Crippen LogP contribution >= 0.6 is 0 Å². The first-order valence-corrected chi connectivity index (χ1v) is 9.37. The fourth-order valence-electron chi connectivity index (χ4n) is 2.86. The Labute approximate surface area is 142 Å². The molecule has 1 aliphatic heterocycles. The van der Waals surface area contributed by atoms with Crippen LogP contribution in [0, 0.1) is 6.92 Å². The highest BCUT2D eigenvalue weighted by Crippen LogP contribution is 2.19. The number of nitrogens with one attached hydrogen (secondary N) is 1. The molecule has 24 heavy (non-hydrogen) atoms. The number of benzene rings is 1. The number of aryl methyl sites for hydroxylation is 1. The van der Waals surface area contributed by atoms with E-state index in [-0.39, 0.29) is 5.91 Å². The average Bonchev–Trinajstić information content (AvgIpc) is 3.08. The predicted octanol–water partition coefficient (Wildman–Crippen LogP) is 1.40. The predicted molar refractivity (Wildman–Crippen MR) is 91.0 cm³/mol. The summed E-state index contributed by atoms with van der Waals surface area (Å²) in [5.74, 6) is 0.0298. The summed E-state index contributed by atoms with van der Waals surface area (Å²) in [5.41, 5.74) is 1.85. The van der Waals surface area contributed by atoms with Gasteiger partial charge in [0.05, 0.1) is 11.3 Å². The second kappa shape index (κ2) is 6.78. The molecule has 1 fully saturated rings. The summed E-state index contributed by atoms with van der Waals surface area (Å²) >= 11 is 0. The standard InChI is InChI=1S/C17H21N3O3S/c1-14-3-2-4-16(11-14)24(22,23)20-9-7-19(8-10-20)17(21)12-15-5-6-18-13-15/h2-6,11,13,18H,7-10,12H2,1H3. The molecule has 0 radical (unpaired) electrons. The highest BCUT2D eigenvalue weighted by Gasteiger charge is 2.30. The van der Waals surface area contributed by atoms with Crippen molar-refractivity contribution in [1.82, 2.24) is 14.2 Å². The number of H-pyrrole nitrogens is 1. The van der Waals surface area contributed by atoms with Crippen molar-refractivity contribution in [2.75, 3.05) is 26.2 Å². The molecule has 7 heteroatoms. The lowest BCUT2D eigenvalue weighted by atomic mass is 10.2. The first-order valence-electron chi connectivity index (χ1n) is 7.93. The second-order valence-electron chi connectivity index (χ2n) is 6.00. The van der Waals surface area contributed by atoms with Crippen LogP contribution in [0.4, 0.5) is 0 Å². The lowest BCUT2D eigenvalue weighted by Crippen LogP contribution is -2.50. The fourth-order valence-corrected chi connectivity index (χ4v) is 4.39. The van der Waals surface area contributed by atoms with Crippen molar-refractivity contribution in [3.63, 3.8) is 0 Å². The van der Waals surface area contributed by atoms with E-state index in [0.717, 1.165) is 11.1 Å².